The molecule has 0 heterocycles. The van der Waals surface area contributed by atoms with Crippen LogP contribution in [0.2, 0.25) is 0 Å². The Balaban J connectivity index is 1.70. The Hall–Kier alpha value is -4.01. The van der Waals surface area contributed by atoms with Gasteiger partial charge in [-0.25, -0.2) is 4.79 Å². The van der Waals surface area contributed by atoms with Crippen LogP contribution in [-0.4, -0.2) is 27.2 Å². The summed E-state index contributed by atoms with van der Waals surface area (Å²) in [5.74, 6) is -2.44. The molecule has 4 N–H and O–H groups in total. The van der Waals surface area contributed by atoms with E-state index in [2.05, 4.69) is 5.32 Å². The molecular weight excluding hydrogens is 439 g/mol. The van der Waals surface area contributed by atoms with E-state index in [0.29, 0.717) is 18.4 Å². The molecule has 1 amide bonds. The lowest BCUT2D eigenvalue weighted by molar-refractivity contribution is -0.137. The Morgan fingerprint density at radius 2 is 1.64 bits per heavy atom. The van der Waals surface area contributed by atoms with E-state index >= 15 is 0 Å². The Labute approximate surface area is 185 Å². The molecule has 0 spiro atoms. The lowest BCUT2D eigenvalue weighted by Gasteiger charge is -2.19. The van der Waals surface area contributed by atoms with Crippen LogP contribution in [0.1, 0.15) is 34.3 Å². The van der Waals surface area contributed by atoms with Gasteiger partial charge in [0.25, 0.3) is 0 Å². The van der Waals surface area contributed by atoms with E-state index in [-0.39, 0.29) is 33.9 Å². The molecule has 6 nitrogen and oxygen atoms in total. The van der Waals surface area contributed by atoms with Gasteiger partial charge >= 0.3 is 12.1 Å². The number of rotatable bonds is 5. The second-order valence-electron chi connectivity index (χ2n) is 7.88. The van der Waals surface area contributed by atoms with Crippen LogP contribution in [0, 0.1) is 0 Å². The summed E-state index contributed by atoms with van der Waals surface area (Å²) in [5, 5.41) is 31.1. The van der Waals surface area contributed by atoms with Gasteiger partial charge in [-0.15, -0.1) is 0 Å². The molecule has 3 aromatic carbocycles. The van der Waals surface area contributed by atoms with Crippen molar-refractivity contribution in [3.8, 4) is 22.6 Å². The van der Waals surface area contributed by atoms with E-state index in [1.54, 1.807) is 0 Å². The number of aromatic hydroxyl groups is 2. The van der Waals surface area contributed by atoms with Crippen LogP contribution in [0.25, 0.3) is 11.1 Å². The first-order valence-electron chi connectivity index (χ1n) is 9.90. The molecule has 0 aliphatic heterocycles. The van der Waals surface area contributed by atoms with Crippen molar-refractivity contribution in [2.75, 3.05) is 5.32 Å². The Morgan fingerprint density at radius 1 is 0.909 bits per heavy atom. The molecule has 170 valence electrons. The van der Waals surface area contributed by atoms with Gasteiger partial charge in [0.2, 0.25) is 5.91 Å². The average molecular weight is 457 g/mol. The maximum absolute atomic E-state index is 13.6. The zero-order chi connectivity index (χ0) is 24.0. The predicted molar refractivity (Wildman–Crippen MR) is 113 cm³/mol. The number of alkyl halides is 3. The monoisotopic (exact) mass is 457 g/mol. The standard InChI is InChI=1S/C24H18F3NO5/c25-24(26,27)18-6-5-16(12-17(18)13-2-1-3-14(10-13)21(31)32)28-22(33)23(8-9-23)15-4-7-19(29)20(30)11-15/h1-7,10-12,29-30H,8-9H2,(H,28,33)(H,31,32). The number of carbonyl (C=O) groups is 2. The molecular formula is C24H18F3NO5. The Kier molecular flexibility index (Phi) is 5.27. The number of nitrogens with one attached hydrogen (secondary N) is 1. The van der Waals surface area contributed by atoms with Crippen molar-refractivity contribution in [3.05, 3.63) is 77.4 Å². The first-order valence-corrected chi connectivity index (χ1v) is 9.90. The van der Waals surface area contributed by atoms with Gasteiger partial charge in [-0.3, -0.25) is 4.79 Å². The van der Waals surface area contributed by atoms with E-state index < -0.39 is 29.0 Å². The van der Waals surface area contributed by atoms with Crippen molar-refractivity contribution in [2.24, 2.45) is 0 Å². The molecule has 1 aliphatic rings. The summed E-state index contributed by atoms with van der Waals surface area (Å²) in [4.78, 5) is 24.3. The minimum Gasteiger partial charge on any atom is -0.504 e. The highest BCUT2D eigenvalue weighted by molar-refractivity contribution is 6.02. The SMILES string of the molecule is O=C(O)c1cccc(-c2cc(NC(=O)C3(c4ccc(O)c(O)c4)CC3)ccc2C(F)(F)F)c1. The first-order chi connectivity index (χ1) is 15.5. The normalized spacial score (nSPS) is 14.5. The molecule has 1 fully saturated rings. The molecule has 4 rings (SSSR count). The number of carboxylic acid groups (broad SMARTS) is 1. The molecule has 1 saturated carbocycles. The Morgan fingerprint density at radius 3 is 2.24 bits per heavy atom. The van der Waals surface area contributed by atoms with Gasteiger partial charge in [-0.2, -0.15) is 13.2 Å². The number of anilines is 1. The fourth-order valence-corrected chi connectivity index (χ4v) is 3.77. The van der Waals surface area contributed by atoms with Gasteiger partial charge in [0.1, 0.15) is 0 Å². The molecule has 0 unspecified atom stereocenters. The summed E-state index contributed by atoms with van der Waals surface area (Å²) in [6.45, 7) is 0. The second kappa shape index (κ2) is 7.84. The minimum absolute atomic E-state index is 0.0444. The number of benzene rings is 3. The topological polar surface area (TPSA) is 107 Å². The third kappa shape index (κ3) is 4.21. The first kappa shape index (κ1) is 22.2. The lowest BCUT2D eigenvalue weighted by atomic mass is 9.93. The Bertz CT molecular complexity index is 1270. The maximum atomic E-state index is 13.6. The van der Waals surface area contributed by atoms with E-state index in [1.807, 2.05) is 0 Å². The fraction of sp³-hybridized carbons (Fsp3) is 0.167. The van der Waals surface area contributed by atoms with E-state index in [4.69, 9.17) is 0 Å². The summed E-state index contributed by atoms with van der Waals surface area (Å²) in [6, 6.07) is 12.3. The van der Waals surface area contributed by atoms with Gasteiger partial charge < -0.3 is 20.6 Å². The summed E-state index contributed by atoms with van der Waals surface area (Å²) in [6.07, 6.45) is -3.76. The van der Waals surface area contributed by atoms with Gasteiger partial charge in [-0.1, -0.05) is 18.2 Å². The quantitative estimate of drug-likeness (QED) is 0.397. The van der Waals surface area contributed by atoms with Gasteiger partial charge in [0.15, 0.2) is 11.5 Å². The van der Waals surface area contributed by atoms with Crippen LogP contribution < -0.4 is 5.32 Å². The summed E-state index contributed by atoms with van der Waals surface area (Å²) >= 11 is 0. The number of aromatic carboxylic acids is 1. The zero-order valence-corrected chi connectivity index (χ0v) is 17.0. The van der Waals surface area contributed by atoms with Crippen molar-refractivity contribution in [3.63, 3.8) is 0 Å². The smallest absolute Gasteiger partial charge is 0.417 e. The van der Waals surface area contributed by atoms with Crippen LogP contribution in [-0.2, 0) is 16.4 Å². The van der Waals surface area contributed by atoms with Crippen LogP contribution in [0.3, 0.4) is 0 Å². The fourth-order valence-electron chi connectivity index (χ4n) is 3.77. The van der Waals surface area contributed by atoms with Crippen molar-refractivity contribution in [1.29, 1.82) is 0 Å². The third-order valence-corrected chi connectivity index (χ3v) is 5.72. The maximum Gasteiger partial charge on any atom is 0.417 e. The highest BCUT2D eigenvalue weighted by atomic mass is 19.4. The van der Waals surface area contributed by atoms with Crippen LogP contribution in [0.5, 0.6) is 11.5 Å². The second-order valence-corrected chi connectivity index (χ2v) is 7.88. The number of halogens is 3. The third-order valence-electron chi connectivity index (χ3n) is 5.72. The number of carboxylic acids is 1. The number of phenols is 2. The molecule has 0 atom stereocenters. The molecule has 1 aliphatic carbocycles. The molecule has 0 aromatic heterocycles. The van der Waals surface area contributed by atoms with E-state index in [9.17, 15) is 38.1 Å². The number of hydrogen-bond acceptors (Lipinski definition) is 4. The number of carbonyl (C=O) groups excluding carboxylic acids is 1. The largest absolute Gasteiger partial charge is 0.504 e. The zero-order valence-electron chi connectivity index (χ0n) is 17.0. The van der Waals surface area contributed by atoms with Crippen molar-refractivity contribution in [1.82, 2.24) is 0 Å². The average Bonchev–Trinajstić information content (AvgIpc) is 3.57. The van der Waals surface area contributed by atoms with Gasteiger partial charge in [0, 0.05) is 5.69 Å². The molecule has 9 heteroatoms. The van der Waals surface area contributed by atoms with Gasteiger partial charge in [0.05, 0.1) is 16.5 Å². The number of phenolic OH excluding ortho intramolecular Hbond substituents is 2. The highest BCUT2D eigenvalue weighted by Crippen LogP contribution is 2.50. The number of amides is 1. The predicted octanol–water partition coefficient (Wildman–Crippen LogP) is 5.15. The van der Waals surface area contributed by atoms with Crippen LogP contribution in [0.15, 0.2) is 60.7 Å². The van der Waals surface area contributed by atoms with E-state index in [1.165, 1.54) is 36.4 Å². The summed E-state index contributed by atoms with van der Waals surface area (Å²) in [5.41, 5.74) is -1.73. The summed E-state index contributed by atoms with van der Waals surface area (Å²) < 4.78 is 40.9. The van der Waals surface area contributed by atoms with Crippen molar-refractivity contribution < 1.29 is 38.1 Å². The number of hydrogen-bond donors (Lipinski definition) is 4. The molecule has 0 saturated heterocycles. The molecule has 3 aromatic rings. The van der Waals surface area contributed by atoms with Gasteiger partial charge in [-0.05, 0) is 72.0 Å². The summed E-state index contributed by atoms with van der Waals surface area (Å²) in [7, 11) is 0. The minimum atomic E-state index is -4.70. The van der Waals surface area contributed by atoms with Crippen LogP contribution >= 0.6 is 0 Å². The van der Waals surface area contributed by atoms with E-state index in [0.717, 1.165) is 24.3 Å². The molecule has 33 heavy (non-hydrogen) atoms. The van der Waals surface area contributed by atoms with Crippen molar-refractivity contribution in [2.45, 2.75) is 24.4 Å². The van der Waals surface area contributed by atoms with Crippen LogP contribution in [0.4, 0.5) is 18.9 Å². The lowest BCUT2D eigenvalue weighted by Crippen LogP contribution is -2.27. The van der Waals surface area contributed by atoms with Crippen molar-refractivity contribution >= 4 is 17.6 Å². The highest BCUT2D eigenvalue weighted by Gasteiger charge is 2.51. The molecule has 0 bridgehead atoms. The molecule has 0 radical (unpaired) electrons.